The van der Waals surface area contributed by atoms with E-state index in [1.165, 1.54) is 12.6 Å². The van der Waals surface area contributed by atoms with Crippen molar-refractivity contribution < 1.29 is 8.42 Å². The Balaban J connectivity index is 1.85. The van der Waals surface area contributed by atoms with E-state index < -0.39 is 10.0 Å². The van der Waals surface area contributed by atoms with Crippen LogP contribution in [-0.2, 0) is 10.0 Å². The average Bonchev–Trinajstić information content (AvgIpc) is 2.89. The van der Waals surface area contributed by atoms with E-state index in [1.807, 2.05) is 0 Å². The van der Waals surface area contributed by atoms with Crippen LogP contribution in [0.5, 0.6) is 0 Å². The molecule has 17 heavy (non-hydrogen) atoms. The van der Waals surface area contributed by atoms with Gasteiger partial charge in [0.1, 0.15) is 5.82 Å². The summed E-state index contributed by atoms with van der Waals surface area (Å²) in [5, 5.41) is 3.47. The van der Waals surface area contributed by atoms with E-state index in [2.05, 4.69) is 20.0 Å². The number of nitrogens with one attached hydrogen (secondary N) is 3. The normalized spacial score (nSPS) is 20.9. The van der Waals surface area contributed by atoms with Gasteiger partial charge in [0.05, 0.1) is 6.20 Å². The van der Waals surface area contributed by atoms with Crippen molar-refractivity contribution in [2.24, 2.45) is 0 Å². The van der Waals surface area contributed by atoms with Gasteiger partial charge in [0, 0.05) is 12.6 Å². The molecular weight excluding hydrogens is 240 g/mol. The molecule has 7 heteroatoms. The molecule has 1 fully saturated rings. The third-order valence-electron chi connectivity index (χ3n) is 2.92. The van der Waals surface area contributed by atoms with E-state index in [9.17, 15) is 8.42 Å². The maximum atomic E-state index is 11.8. The van der Waals surface area contributed by atoms with Gasteiger partial charge in [-0.1, -0.05) is 0 Å². The summed E-state index contributed by atoms with van der Waals surface area (Å²) < 4.78 is 26.2. The van der Waals surface area contributed by atoms with Gasteiger partial charge in [0.25, 0.3) is 10.0 Å². The Kier molecular flexibility index (Phi) is 3.80. The molecule has 0 radical (unpaired) electrons. The summed E-state index contributed by atoms with van der Waals surface area (Å²) >= 11 is 0. The molecule has 6 nitrogen and oxygen atoms in total. The fourth-order valence-electron chi connectivity index (χ4n) is 1.98. The summed E-state index contributed by atoms with van der Waals surface area (Å²) in [6.07, 6.45) is 4.47. The molecule has 0 bridgehead atoms. The van der Waals surface area contributed by atoms with Crippen LogP contribution in [0.3, 0.4) is 0 Å². The van der Waals surface area contributed by atoms with Gasteiger partial charge in [0.2, 0.25) is 0 Å². The molecular formula is C10H18N4O2S. The van der Waals surface area contributed by atoms with E-state index >= 15 is 0 Å². The molecule has 1 aliphatic rings. The maximum Gasteiger partial charge on any atom is 0.257 e. The highest BCUT2D eigenvalue weighted by Gasteiger charge is 2.18. The highest BCUT2D eigenvalue weighted by molar-refractivity contribution is 7.89. The largest absolute Gasteiger partial charge is 0.332 e. The zero-order valence-corrected chi connectivity index (χ0v) is 10.7. The SMILES string of the molecule is Cc1ncc(S(=O)(=O)NCCC2CCCN2)[nH]1. The van der Waals surface area contributed by atoms with Crippen molar-refractivity contribution in [3.63, 3.8) is 0 Å². The second kappa shape index (κ2) is 5.16. The molecule has 1 unspecified atom stereocenters. The van der Waals surface area contributed by atoms with Gasteiger partial charge in [-0.2, -0.15) is 0 Å². The third kappa shape index (κ3) is 3.27. The highest BCUT2D eigenvalue weighted by atomic mass is 32.2. The molecule has 0 spiro atoms. The molecule has 3 N–H and O–H groups in total. The molecule has 0 saturated carbocycles. The smallest absolute Gasteiger partial charge is 0.257 e. The van der Waals surface area contributed by atoms with E-state index in [0.29, 0.717) is 18.4 Å². The first-order valence-corrected chi connectivity index (χ1v) is 7.31. The van der Waals surface area contributed by atoms with Crippen molar-refractivity contribution in [3.05, 3.63) is 12.0 Å². The Hall–Kier alpha value is -0.920. The van der Waals surface area contributed by atoms with Crippen LogP contribution in [0.15, 0.2) is 11.2 Å². The van der Waals surface area contributed by atoms with Gasteiger partial charge in [-0.05, 0) is 32.7 Å². The van der Waals surface area contributed by atoms with Gasteiger partial charge in [-0.25, -0.2) is 18.1 Å². The Bertz CT molecular complexity index is 462. The van der Waals surface area contributed by atoms with Crippen molar-refractivity contribution in [1.82, 2.24) is 20.0 Å². The maximum absolute atomic E-state index is 11.8. The molecule has 1 aromatic rings. The van der Waals surface area contributed by atoms with Crippen LogP contribution in [0.1, 0.15) is 25.1 Å². The minimum Gasteiger partial charge on any atom is -0.332 e. The summed E-state index contributed by atoms with van der Waals surface area (Å²) in [6, 6.07) is 0.446. The number of nitrogens with zero attached hydrogens (tertiary/aromatic N) is 1. The fraction of sp³-hybridized carbons (Fsp3) is 0.700. The van der Waals surface area contributed by atoms with Crippen LogP contribution in [0.25, 0.3) is 0 Å². The highest BCUT2D eigenvalue weighted by Crippen LogP contribution is 2.09. The fourth-order valence-corrected chi connectivity index (χ4v) is 3.00. The van der Waals surface area contributed by atoms with Crippen molar-refractivity contribution >= 4 is 10.0 Å². The summed E-state index contributed by atoms with van der Waals surface area (Å²) in [5.74, 6) is 0.600. The number of aryl methyl sites for hydroxylation is 1. The Labute approximate surface area is 101 Å². The topological polar surface area (TPSA) is 86.9 Å². The number of rotatable bonds is 5. The zero-order chi connectivity index (χ0) is 12.3. The number of H-pyrrole nitrogens is 1. The Morgan fingerprint density at radius 3 is 3.00 bits per heavy atom. The summed E-state index contributed by atoms with van der Waals surface area (Å²) in [5.41, 5.74) is 0. The first-order chi connectivity index (χ1) is 8.08. The molecule has 1 saturated heterocycles. The lowest BCUT2D eigenvalue weighted by molar-refractivity contribution is 0.538. The van der Waals surface area contributed by atoms with Crippen molar-refractivity contribution in [2.75, 3.05) is 13.1 Å². The molecule has 0 aliphatic carbocycles. The number of hydrogen-bond acceptors (Lipinski definition) is 4. The molecule has 96 valence electrons. The summed E-state index contributed by atoms with van der Waals surface area (Å²) in [6.45, 7) is 3.22. The van der Waals surface area contributed by atoms with E-state index in [1.54, 1.807) is 6.92 Å². The van der Waals surface area contributed by atoms with E-state index in [4.69, 9.17) is 0 Å². The van der Waals surface area contributed by atoms with Crippen LogP contribution >= 0.6 is 0 Å². The predicted molar refractivity (Wildman–Crippen MR) is 64.2 cm³/mol. The molecule has 2 rings (SSSR count). The van der Waals surface area contributed by atoms with E-state index in [-0.39, 0.29) is 5.03 Å². The average molecular weight is 258 g/mol. The molecule has 0 aromatic carbocycles. The zero-order valence-electron chi connectivity index (χ0n) is 9.86. The second-order valence-corrected chi connectivity index (χ2v) is 6.05. The predicted octanol–water partition coefficient (Wildman–Crippen LogP) is 0.139. The number of aromatic nitrogens is 2. The van der Waals surface area contributed by atoms with Crippen LogP contribution in [0.4, 0.5) is 0 Å². The van der Waals surface area contributed by atoms with Crippen molar-refractivity contribution in [2.45, 2.75) is 37.3 Å². The molecule has 1 aliphatic heterocycles. The lowest BCUT2D eigenvalue weighted by Gasteiger charge is -2.10. The third-order valence-corrected chi connectivity index (χ3v) is 4.29. The Morgan fingerprint density at radius 2 is 2.41 bits per heavy atom. The van der Waals surface area contributed by atoms with Gasteiger partial charge >= 0.3 is 0 Å². The van der Waals surface area contributed by atoms with Crippen LogP contribution in [-0.4, -0.2) is 37.5 Å². The number of imidazole rings is 1. The Morgan fingerprint density at radius 1 is 1.59 bits per heavy atom. The number of hydrogen-bond donors (Lipinski definition) is 3. The van der Waals surface area contributed by atoms with Gasteiger partial charge in [0.15, 0.2) is 5.03 Å². The monoisotopic (exact) mass is 258 g/mol. The molecule has 0 amide bonds. The standard InChI is InChI=1S/C10H18N4O2S/c1-8-12-7-10(14-8)17(15,16)13-6-4-9-3-2-5-11-9/h7,9,11,13H,2-6H2,1H3,(H,12,14). The minimum absolute atomic E-state index is 0.134. The molecule has 1 aromatic heterocycles. The van der Waals surface area contributed by atoms with Gasteiger partial charge in [-0.3, -0.25) is 0 Å². The van der Waals surface area contributed by atoms with Crippen LogP contribution < -0.4 is 10.0 Å². The van der Waals surface area contributed by atoms with Crippen LogP contribution in [0, 0.1) is 6.92 Å². The summed E-state index contributed by atoms with van der Waals surface area (Å²) in [7, 11) is -3.43. The van der Waals surface area contributed by atoms with Gasteiger partial charge in [-0.15, -0.1) is 0 Å². The van der Waals surface area contributed by atoms with Crippen molar-refractivity contribution in [3.8, 4) is 0 Å². The quantitative estimate of drug-likeness (QED) is 0.701. The first kappa shape index (κ1) is 12.5. The van der Waals surface area contributed by atoms with Crippen molar-refractivity contribution in [1.29, 1.82) is 0 Å². The second-order valence-electron chi connectivity index (χ2n) is 4.31. The van der Waals surface area contributed by atoms with Gasteiger partial charge < -0.3 is 10.3 Å². The van der Waals surface area contributed by atoms with E-state index in [0.717, 1.165) is 19.4 Å². The number of aromatic amines is 1. The molecule has 2 heterocycles. The lowest BCUT2D eigenvalue weighted by Crippen LogP contribution is -2.30. The molecule has 1 atom stereocenters. The van der Waals surface area contributed by atoms with Crippen LogP contribution in [0.2, 0.25) is 0 Å². The number of sulfonamides is 1. The lowest BCUT2D eigenvalue weighted by atomic mass is 10.2. The minimum atomic E-state index is -3.43. The summed E-state index contributed by atoms with van der Waals surface area (Å²) in [4.78, 5) is 6.60. The first-order valence-electron chi connectivity index (χ1n) is 5.82.